The Morgan fingerprint density at radius 2 is 1.81 bits per heavy atom. The van der Waals surface area contributed by atoms with Gasteiger partial charge in [0.1, 0.15) is 35.4 Å². The van der Waals surface area contributed by atoms with Crippen molar-refractivity contribution in [2.75, 3.05) is 20.8 Å². The molecule has 5 unspecified atom stereocenters. The Kier molecular flexibility index (Phi) is 5.53. The predicted molar refractivity (Wildman–Crippen MR) is 90.0 cm³/mol. The number of fused-ring (bicyclic) bond motifs is 1. The van der Waals surface area contributed by atoms with Gasteiger partial charge in [-0.1, -0.05) is 0 Å². The average Bonchev–Trinajstić information content (AvgIpc) is 2.67. The molecule has 0 amide bonds. The van der Waals surface area contributed by atoms with Crippen molar-refractivity contribution in [3.8, 4) is 17.2 Å². The molecule has 1 aromatic heterocycles. The van der Waals surface area contributed by atoms with E-state index < -0.39 is 42.7 Å². The van der Waals surface area contributed by atoms with Gasteiger partial charge in [-0.25, -0.2) is 0 Å². The lowest BCUT2D eigenvalue weighted by molar-refractivity contribution is -0.277. The van der Waals surface area contributed by atoms with Crippen LogP contribution in [0.2, 0.25) is 0 Å². The van der Waals surface area contributed by atoms with Crippen molar-refractivity contribution in [2.24, 2.45) is 0 Å². The van der Waals surface area contributed by atoms with Gasteiger partial charge in [-0.2, -0.15) is 0 Å². The summed E-state index contributed by atoms with van der Waals surface area (Å²) in [6.07, 6.45) is -6.32. The Balaban J connectivity index is 2.11. The minimum absolute atomic E-state index is 0.00658. The summed E-state index contributed by atoms with van der Waals surface area (Å²) in [5.41, 5.74) is -0.309. The van der Waals surface area contributed by atoms with E-state index in [2.05, 4.69) is 0 Å². The van der Waals surface area contributed by atoms with Gasteiger partial charge >= 0.3 is 0 Å². The summed E-state index contributed by atoms with van der Waals surface area (Å²) in [6.45, 7) is -0.622. The molecule has 27 heavy (non-hydrogen) atoms. The minimum Gasteiger partial charge on any atom is -0.493 e. The molecule has 2 heterocycles. The molecular formula is C17H20O10. The summed E-state index contributed by atoms with van der Waals surface area (Å²) in [7, 11) is 2.71. The van der Waals surface area contributed by atoms with Crippen molar-refractivity contribution in [1.29, 1.82) is 0 Å². The lowest BCUT2D eigenvalue weighted by Crippen LogP contribution is -2.60. The number of hydrogen-bond donors (Lipinski definition) is 4. The zero-order valence-corrected chi connectivity index (χ0v) is 14.6. The fourth-order valence-corrected chi connectivity index (χ4v) is 2.91. The molecule has 10 nitrogen and oxygen atoms in total. The summed E-state index contributed by atoms with van der Waals surface area (Å²) in [4.78, 5) is 12.4. The molecule has 1 fully saturated rings. The van der Waals surface area contributed by atoms with Gasteiger partial charge in [0.15, 0.2) is 16.9 Å². The van der Waals surface area contributed by atoms with E-state index >= 15 is 0 Å². The molecular weight excluding hydrogens is 364 g/mol. The van der Waals surface area contributed by atoms with Gasteiger partial charge in [0, 0.05) is 12.1 Å². The Morgan fingerprint density at radius 3 is 2.44 bits per heavy atom. The molecule has 5 atom stereocenters. The normalized spacial score (nSPS) is 28.1. The number of ether oxygens (including phenoxy) is 4. The highest BCUT2D eigenvalue weighted by Gasteiger charge is 2.45. The van der Waals surface area contributed by atoms with Gasteiger partial charge in [0.05, 0.1) is 27.1 Å². The minimum atomic E-state index is -1.66. The van der Waals surface area contributed by atoms with Crippen molar-refractivity contribution in [1.82, 2.24) is 0 Å². The highest BCUT2D eigenvalue weighted by Crippen LogP contribution is 2.43. The maximum atomic E-state index is 12.4. The van der Waals surface area contributed by atoms with Crippen molar-refractivity contribution >= 4 is 11.0 Å². The molecule has 1 aliphatic rings. The number of aliphatic hydroxyl groups excluding tert-OH is 4. The third-order valence-corrected chi connectivity index (χ3v) is 4.33. The Morgan fingerprint density at radius 1 is 1.07 bits per heavy atom. The number of rotatable bonds is 5. The molecule has 10 heteroatoms. The van der Waals surface area contributed by atoms with Crippen molar-refractivity contribution in [3.63, 3.8) is 0 Å². The predicted octanol–water partition coefficient (Wildman–Crippen LogP) is -1.01. The zero-order chi connectivity index (χ0) is 19.7. The van der Waals surface area contributed by atoms with E-state index in [0.717, 1.165) is 0 Å². The monoisotopic (exact) mass is 384 g/mol. The summed E-state index contributed by atoms with van der Waals surface area (Å²) >= 11 is 0. The summed E-state index contributed by atoms with van der Waals surface area (Å²) < 4.78 is 26.8. The first kappa shape index (κ1) is 19.4. The van der Waals surface area contributed by atoms with Crippen LogP contribution in [0.4, 0.5) is 0 Å². The number of aliphatic hydroxyl groups is 4. The Labute approximate surface area is 153 Å². The van der Waals surface area contributed by atoms with Crippen LogP contribution in [-0.2, 0) is 4.74 Å². The van der Waals surface area contributed by atoms with E-state index in [9.17, 15) is 25.2 Å². The molecule has 0 aliphatic carbocycles. The molecule has 0 radical (unpaired) electrons. The van der Waals surface area contributed by atoms with Crippen LogP contribution in [-0.4, -0.2) is 72.0 Å². The molecule has 0 spiro atoms. The van der Waals surface area contributed by atoms with Crippen molar-refractivity contribution < 1.29 is 43.8 Å². The summed E-state index contributed by atoms with van der Waals surface area (Å²) in [5.74, 6) is 0.102. The number of benzene rings is 1. The van der Waals surface area contributed by atoms with Crippen LogP contribution in [0.1, 0.15) is 0 Å². The smallest absolute Gasteiger partial charge is 0.229 e. The second-order valence-corrected chi connectivity index (χ2v) is 5.91. The maximum Gasteiger partial charge on any atom is 0.229 e. The van der Waals surface area contributed by atoms with Gasteiger partial charge in [0.2, 0.25) is 12.0 Å². The number of methoxy groups -OCH3 is 2. The average molecular weight is 384 g/mol. The first-order valence-corrected chi connectivity index (χ1v) is 8.06. The van der Waals surface area contributed by atoms with Crippen LogP contribution >= 0.6 is 0 Å². The van der Waals surface area contributed by atoms with E-state index in [1.54, 1.807) is 0 Å². The Hall–Kier alpha value is -2.37. The van der Waals surface area contributed by atoms with Crippen molar-refractivity contribution in [3.05, 3.63) is 28.6 Å². The van der Waals surface area contributed by atoms with Gasteiger partial charge in [-0.3, -0.25) is 4.79 Å². The van der Waals surface area contributed by atoms with Crippen LogP contribution in [0.5, 0.6) is 17.2 Å². The van der Waals surface area contributed by atoms with Gasteiger partial charge in [0.25, 0.3) is 0 Å². The van der Waals surface area contributed by atoms with E-state index in [1.165, 1.54) is 32.6 Å². The standard InChI is InChI=1S/C17H20O10/c1-23-9-5-8-11(7(19)3-4-25-8)16(15(9)24-2)27-17-14(22)13(21)12(20)10(6-18)26-17/h3-5,10,12-14,17-18,20-22H,6H2,1-2H3. The molecule has 3 rings (SSSR count). The molecule has 0 bridgehead atoms. The molecule has 4 N–H and O–H groups in total. The van der Waals surface area contributed by atoms with E-state index in [1.807, 2.05) is 0 Å². The summed E-state index contributed by atoms with van der Waals surface area (Å²) in [6, 6.07) is 2.62. The second-order valence-electron chi connectivity index (χ2n) is 5.91. The fourth-order valence-electron chi connectivity index (χ4n) is 2.91. The molecule has 148 valence electrons. The van der Waals surface area contributed by atoms with E-state index in [0.29, 0.717) is 0 Å². The quantitative estimate of drug-likeness (QED) is 0.505. The largest absolute Gasteiger partial charge is 0.493 e. The summed E-state index contributed by atoms with van der Waals surface area (Å²) in [5, 5.41) is 39.3. The molecule has 1 aliphatic heterocycles. The lowest BCUT2D eigenvalue weighted by Gasteiger charge is -2.39. The van der Waals surface area contributed by atoms with E-state index in [4.69, 9.17) is 23.4 Å². The van der Waals surface area contributed by atoms with Crippen LogP contribution < -0.4 is 19.6 Å². The van der Waals surface area contributed by atoms with Gasteiger partial charge in [-0.15, -0.1) is 0 Å². The van der Waals surface area contributed by atoms with Gasteiger partial charge < -0.3 is 43.8 Å². The van der Waals surface area contributed by atoms with Crippen molar-refractivity contribution in [2.45, 2.75) is 30.7 Å². The highest BCUT2D eigenvalue weighted by molar-refractivity contribution is 5.88. The van der Waals surface area contributed by atoms with Crippen LogP contribution in [0.25, 0.3) is 11.0 Å². The molecule has 1 aromatic carbocycles. The topological polar surface area (TPSA) is 148 Å². The molecule has 0 saturated carbocycles. The molecule has 2 aromatic rings. The lowest BCUT2D eigenvalue weighted by atomic mass is 9.99. The maximum absolute atomic E-state index is 12.4. The number of hydrogen-bond acceptors (Lipinski definition) is 10. The third-order valence-electron chi connectivity index (χ3n) is 4.33. The zero-order valence-electron chi connectivity index (χ0n) is 14.6. The van der Waals surface area contributed by atoms with Crippen LogP contribution in [0, 0.1) is 0 Å². The second kappa shape index (κ2) is 7.71. The highest BCUT2D eigenvalue weighted by atomic mass is 16.7. The van der Waals surface area contributed by atoms with Crippen LogP contribution in [0.3, 0.4) is 0 Å². The fraction of sp³-hybridized carbons (Fsp3) is 0.471. The SMILES string of the molecule is COc1cc2occc(=O)c2c(OC2OC(CO)C(O)C(O)C2O)c1OC. The third kappa shape index (κ3) is 3.33. The Bertz CT molecular complexity index is 861. The first-order chi connectivity index (χ1) is 12.9. The molecule has 1 saturated heterocycles. The first-order valence-electron chi connectivity index (χ1n) is 8.06. The van der Waals surface area contributed by atoms with Crippen LogP contribution in [0.15, 0.2) is 27.6 Å². The van der Waals surface area contributed by atoms with Gasteiger partial charge in [-0.05, 0) is 0 Å². The van der Waals surface area contributed by atoms with E-state index in [-0.39, 0.29) is 28.2 Å².